The van der Waals surface area contributed by atoms with Gasteiger partial charge < -0.3 is 74.2 Å². The number of hydrogen-bond donors (Lipinski definition) is 6. The molecule has 4 aromatic heterocycles. The minimum Gasteiger partial charge on any atom is -0.508 e. The number of alkyl halides is 1. The number of carbonyl (C=O) groups excluding carboxylic acids is 1. The van der Waals surface area contributed by atoms with Crippen LogP contribution in [0.25, 0.3) is 28.2 Å². The van der Waals surface area contributed by atoms with Crippen molar-refractivity contribution in [3.63, 3.8) is 0 Å². The molecule has 27 heteroatoms. The number of phenols is 2. The molecule has 2 aliphatic rings. The standard InChI is InChI=1S/C29H27N3O4.C21H23N3O.C16H25BO3.C14H20O3.C12H17BO3.C11H10BrN3.C4H9Br/c33-15-4-16-36-24-13-9-22(10-14-24)27-19-32-28(25(30-27)17-20-5-2-1-3-6-20)31-26(29(32)35)18-21-7-11-23(34)12-8-21;1-2-3-13-25-18-11-9-17(10-12-18)20-15-23-21(22)19(24-20)14-16-7-5-4-6-8-16;1-6-7-12-18-14-10-8-13(9-11-14)17-19-15(2,3)16(4,5)20-17;1-4-16-14(17-5-2)13(15)10-12-8-6-11(3)7-9-12;1-11(2)12(3,4)16-13(15-11)9-5-7-10(14)8-6-9;12-10-7-14-11(13)9(15-10)6-8-4-2-1-3-5-8;1-2-3-4-5/h1-3,5-14,19,33-35H,4,15-18H2;4-12,15H,2-3,13-14H2,1H3,(H2,22,23);8-11H,6-7,12H2,1-5H3;6-9,14H,4-5,10H2,1-3H3;5-8,14H,1-4H3;1-5,7H,6H2,(H2,13,14);2-4H2,1H3. The smallest absolute Gasteiger partial charge is 0.494 e. The number of fused-ring (bicyclic) bond motifs is 1. The van der Waals surface area contributed by atoms with Gasteiger partial charge in [-0.2, -0.15) is 0 Å². The van der Waals surface area contributed by atoms with Crippen LogP contribution in [-0.2, 0) is 65.0 Å². The zero-order valence-electron chi connectivity index (χ0n) is 79.8. The zero-order chi connectivity index (χ0) is 96.6. The van der Waals surface area contributed by atoms with Crippen molar-refractivity contribution in [2.75, 3.05) is 56.4 Å². The summed E-state index contributed by atoms with van der Waals surface area (Å²) in [5.74, 6) is 3.96. The second-order valence-corrected chi connectivity index (χ2v) is 35.8. The van der Waals surface area contributed by atoms with Crippen molar-refractivity contribution in [3.05, 3.63) is 316 Å². The average Bonchev–Trinajstić information content (AvgIpc) is 1.62. The van der Waals surface area contributed by atoms with Gasteiger partial charge >= 0.3 is 14.2 Å². The quantitative estimate of drug-likeness (QED) is 0.00963. The highest BCUT2D eigenvalue weighted by molar-refractivity contribution is 9.10. The molecule has 2 fully saturated rings. The summed E-state index contributed by atoms with van der Waals surface area (Å²) < 4.78 is 53.8. The molecule has 0 bridgehead atoms. The first-order chi connectivity index (χ1) is 64.4. The van der Waals surface area contributed by atoms with Crippen LogP contribution in [0.1, 0.15) is 191 Å². The number of hydrogen-bond acceptors (Lipinski definition) is 22. The Hall–Kier alpha value is -11.4. The molecule has 2 aliphatic heterocycles. The Bertz CT molecular complexity index is 5600. The summed E-state index contributed by atoms with van der Waals surface area (Å²) in [6.45, 7) is 31.6. The summed E-state index contributed by atoms with van der Waals surface area (Å²) in [4.78, 5) is 39.0. The molecular formula is C107H131B2Br2N9O14. The number of aliphatic hydroxyl groups is 1. The largest absolute Gasteiger partial charge is 0.508 e. The van der Waals surface area contributed by atoms with Gasteiger partial charge in [0.25, 0.3) is 0 Å². The first-order valence-electron chi connectivity index (χ1n) is 45.9. The molecule has 13 aromatic rings. The number of rotatable bonds is 33. The highest BCUT2D eigenvalue weighted by Crippen LogP contribution is 2.39. The Labute approximate surface area is 808 Å². The number of carbonyl (C=O) groups is 1. The second-order valence-electron chi connectivity index (χ2n) is 34.2. The number of halogens is 2. The summed E-state index contributed by atoms with van der Waals surface area (Å²) in [5.41, 5.74) is 26.0. The van der Waals surface area contributed by atoms with E-state index in [1.807, 2.05) is 249 Å². The number of aromatic hydroxyl groups is 3. The fraction of sp³-hybridized carbons (Fsp3) is 0.355. The van der Waals surface area contributed by atoms with Crippen LogP contribution in [-0.4, -0.2) is 148 Å². The Kier molecular flexibility index (Phi) is 42.6. The van der Waals surface area contributed by atoms with Gasteiger partial charge in [0.1, 0.15) is 50.7 Å². The molecule has 6 heterocycles. The lowest BCUT2D eigenvalue weighted by atomic mass is 9.79. The van der Waals surface area contributed by atoms with Gasteiger partial charge in [-0.3, -0.25) is 9.20 Å². The van der Waals surface area contributed by atoms with Crippen LogP contribution >= 0.6 is 31.9 Å². The normalized spacial score (nSPS) is 13.5. The van der Waals surface area contributed by atoms with Crippen molar-refractivity contribution in [3.8, 4) is 57.1 Å². The second kappa shape index (κ2) is 53.7. The highest BCUT2D eigenvalue weighted by atomic mass is 79.9. The van der Waals surface area contributed by atoms with Crippen LogP contribution in [0.2, 0.25) is 0 Å². The Morgan fingerprint density at radius 2 is 0.813 bits per heavy atom. The number of nitrogens with zero attached hydrogens (tertiary/aromatic N) is 7. The molecule has 9 aromatic carbocycles. The number of benzene rings is 9. The van der Waals surface area contributed by atoms with Gasteiger partial charge in [-0.05, 0) is 235 Å². The number of imidazole rings is 1. The number of nitrogens with two attached hydrogens (primary N) is 2. The number of aromatic nitrogens is 7. The molecule has 708 valence electrons. The zero-order valence-corrected chi connectivity index (χ0v) is 83.0. The lowest BCUT2D eigenvalue weighted by molar-refractivity contribution is -0.167. The summed E-state index contributed by atoms with van der Waals surface area (Å²) in [6, 6.07) is 75.6. The maximum absolute atomic E-state index is 11.9. The molecule has 23 nitrogen and oxygen atoms in total. The van der Waals surface area contributed by atoms with E-state index in [0.29, 0.717) is 91.6 Å². The van der Waals surface area contributed by atoms with Crippen LogP contribution in [0.15, 0.2) is 260 Å². The van der Waals surface area contributed by atoms with Crippen LogP contribution in [0.4, 0.5) is 11.6 Å². The molecule has 0 amide bonds. The Morgan fingerprint density at radius 1 is 0.440 bits per heavy atom. The number of ketones is 1. The molecule has 0 radical (unpaired) electrons. The summed E-state index contributed by atoms with van der Waals surface area (Å²) in [6.07, 6.45) is 14.7. The molecule has 0 unspecified atom stereocenters. The van der Waals surface area contributed by atoms with Gasteiger partial charge in [0.2, 0.25) is 12.2 Å². The molecule has 0 spiro atoms. The van der Waals surface area contributed by atoms with Gasteiger partial charge in [-0.1, -0.05) is 213 Å². The third-order valence-corrected chi connectivity index (χ3v) is 23.5. The van der Waals surface area contributed by atoms with Crippen LogP contribution in [0.5, 0.6) is 34.6 Å². The molecule has 134 heavy (non-hydrogen) atoms. The van der Waals surface area contributed by atoms with E-state index < -0.39 is 6.29 Å². The highest BCUT2D eigenvalue weighted by Gasteiger charge is 2.53. The van der Waals surface area contributed by atoms with Crippen LogP contribution in [0.3, 0.4) is 0 Å². The van der Waals surface area contributed by atoms with Crippen molar-refractivity contribution in [2.24, 2.45) is 0 Å². The van der Waals surface area contributed by atoms with Gasteiger partial charge in [0.15, 0.2) is 11.4 Å². The predicted octanol–water partition coefficient (Wildman–Crippen LogP) is 21.2. The van der Waals surface area contributed by atoms with E-state index in [1.165, 1.54) is 29.5 Å². The molecule has 2 saturated heterocycles. The number of unbranched alkanes of at least 4 members (excludes halogenated alkanes) is 3. The lowest BCUT2D eigenvalue weighted by Gasteiger charge is -2.32. The first kappa shape index (κ1) is 106. The Morgan fingerprint density at radius 3 is 1.24 bits per heavy atom. The number of nitrogen functional groups attached to an aromatic ring is 2. The number of aryl methyl sites for hydroxylation is 1. The van der Waals surface area contributed by atoms with E-state index in [1.54, 1.807) is 47.3 Å². The van der Waals surface area contributed by atoms with Crippen LogP contribution in [0, 0.1) is 6.92 Å². The summed E-state index contributed by atoms with van der Waals surface area (Å²) in [5, 5.41) is 40.0. The van der Waals surface area contributed by atoms with Crippen molar-refractivity contribution in [1.82, 2.24) is 34.3 Å². The fourth-order valence-corrected chi connectivity index (χ4v) is 14.2. The van der Waals surface area contributed by atoms with Gasteiger partial charge in [-0.25, -0.2) is 29.9 Å². The lowest BCUT2D eigenvalue weighted by Crippen LogP contribution is -2.41. The van der Waals surface area contributed by atoms with Gasteiger partial charge in [-0.15, -0.1) is 0 Å². The third kappa shape index (κ3) is 33.3. The molecule has 8 N–H and O–H groups in total. The fourth-order valence-electron chi connectivity index (χ4n) is 13.3. The third-order valence-electron chi connectivity index (χ3n) is 22.5. The van der Waals surface area contributed by atoms with Crippen molar-refractivity contribution >= 4 is 80.1 Å². The number of phenolic OH excluding ortho intramolecular Hbond substituents is 2. The SMILES string of the molecule is CC1(C)OB(c2ccc(O)cc2)OC1(C)C.CCCCBr.CCCCOc1ccc(-c2cnc(N)c(Cc3ccccc3)n2)cc1.CCCCOc1ccc(B2OC(C)(C)C(C)(C)O2)cc1.CCOC(OCC)C(=O)Cc1ccc(C)cc1.Nc1ncc(Br)nc1Cc1ccccc1.OCCCOc1ccc(-c2cn3c(O)c(Cc4ccc(O)cc4)nc3c(Cc3ccccc3)n2)cc1. The number of Topliss-reactive ketones (excluding diaryl/α,β-unsaturated/α-hetero) is 1. The van der Waals surface area contributed by atoms with Gasteiger partial charge in [0, 0.05) is 81.0 Å². The first-order valence-corrected chi connectivity index (χ1v) is 47.8. The number of aliphatic hydroxyl groups excluding tert-OH is 1. The summed E-state index contributed by atoms with van der Waals surface area (Å²) in [7, 11) is -0.657. The number of ether oxygens (including phenoxy) is 5. The van der Waals surface area contributed by atoms with Gasteiger partial charge in [0.05, 0.1) is 83.1 Å². The van der Waals surface area contributed by atoms with E-state index in [9.17, 15) is 20.1 Å². The topological polar surface area (TPSA) is 315 Å². The predicted molar refractivity (Wildman–Crippen MR) is 544 cm³/mol. The van der Waals surface area contributed by atoms with Crippen molar-refractivity contribution < 1.29 is 67.5 Å². The van der Waals surface area contributed by atoms with E-state index in [4.69, 9.17) is 73.8 Å². The minimum absolute atomic E-state index is 0.0300. The molecule has 15 rings (SSSR count). The number of anilines is 2. The van der Waals surface area contributed by atoms with Crippen molar-refractivity contribution in [1.29, 1.82) is 0 Å². The summed E-state index contributed by atoms with van der Waals surface area (Å²) >= 11 is 6.59. The maximum atomic E-state index is 11.9. The van der Waals surface area contributed by atoms with E-state index in [-0.39, 0.29) is 66.4 Å². The Balaban J connectivity index is 0.000000184. The average molecular weight is 1950 g/mol. The van der Waals surface area contributed by atoms with E-state index in [2.05, 4.69) is 107 Å². The molecule has 0 aliphatic carbocycles. The van der Waals surface area contributed by atoms with Crippen molar-refractivity contribution in [2.45, 2.75) is 203 Å². The molecule has 0 saturated carbocycles. The minimum atomic E-state index is -0.730. The molecular weight excluding hydrogens is 1820 g/mol. The molecule has 0 atom stereocenters. The maximum Gasteiger partial charge on any atom is 0.494 e. The van der Waals surface area contributed by atoms with E-state index >= 15 is 0 Å². The van der Waals surface area contributed by atoms with Crippen LogP contribution < -0.4 is 36.6 Å². The monoisotopic (exact) mass is 1950 g/mol. The van der Waals surface area contributed by atoms with E-state index in [0.717, 1.165) is 123 Å².